The van der Waals surface area contributed by atoms with E-state index in [0.717, 1.165) is 12.8 Å². The molecule has 248 valence electrons. The van der Waals surface area contributed by atoms with Crippen LogP contribution in [0.4, 0.5) is 5.69 Å². The third kappa shape index (κ3) is 5.94. The van der Waals surface area contributed by atoms with Crippen molar-refractivity contribution in [2.75, 3.05) is 37.7 Å². The number of carbonyl (C=O) groups is 3. The first kappa shape index (κ1) is 34.7. The number of unbranched alkanes of at least 4 members (excludes halogenated alkanes) is 1. The molecule has 2 bridgehead atoms. The summed E-state index contributed by atoms with van der Waals surface area (Å²) in [6.45, 7) is 19.2. The molecule has 3 aliphatic rings. The second-order valence-corrected chi connectivity index (χ2v) is 12.8. The van der Waals surface area contributed by atoms with Gasteiger partial charge in [-0.15, -0.1) is 13.2 Å². The van der Waals surface area contributed by atoms with Crippen LogP contribution in [-0.4, -0.2) is 88.8 Å². The third-order valence-electron chi connectivity index (χ3n) is 10.4. The smallest absolute Gasteiger partial charge is 0.248 e. The molecule has 0 aromatic heterocycles. The number of aliphatic hydroxyl groups excluding tert-OH is 1. The molecule has 45 heavy (non-hydrogen) atoms. The summed E-state index contributed by atoms with van der Waals surface area (Å²) in [5.74, 6) is -1.70. The summed E-state index contributed by atoms with van der Waals surface area (Å²) in [6, 6.07) is 5.82. The van der Waals surface area contributed by atoms with Gasteiger partial charge in [0.05, 0.1) is 36.7 Å². The van der Waals surface area contributed by atoms with Gasteiger partial charge in [0.2, 0.25) is 17.7 Å². The number of hydrogen-bond donors (Lipinski definition) is 1. The molecular formula is C36H53N3O6. The first-order chi connectivity index (χ1) is 21.6. The second-order valence-electron chi connectivity index (χ2n) is 12.8. The molecule has 0 radical (unpaired) electrons. The van der Waals surface area contributed by atoms with Crippen molar-refractivity contribution in [3.8, 4) is 5.75 Å². The molecule has 3 amide bonds. The highest BCUT2D eigenvalue weighted by Gasteiger charge is 2.79. The Morgan fingerprint density at radius 2 is 1.80 bits per heavy atom. The van der Waals surface area contributed by atoms with Crippen LogP contribution in [0.5, 0.6) is 5.75 Å². The minimum Gasteiger partial charge on any atom is -0.494 e. The molecule has 1 aromatic rings. The predicted octanol–water partition coefficient (Wildman–Crippen LogP) is 4.98. The van der Waals surface area contributed by atoms with Gasteiger partial charge in [-0.2, -0.15) is 0 Å². The van der Waals surface area contributed by atoms with Gasteiger partial charge in [-0.25, -0.2) is 0 Å². The maximum absolute atomic E-state index is 14.8. The zero-order valence-corrected chi connectivity index (χ0v) is 27.9. The Kier molecular flexibility index (Phi) is 11.2. The molecular weight excluding hydrogens is 570 g/mol. The molecule has 1 spiro atoms. The molecule has 9 heteroatoms. The molecule has 4 rings (SSSR count). The lowest BCUT2D eigenvalue weighted by atomic mass is 9.64. The highest BCUT2D eigenvalue weighted by Crippen LogP contribution is 2.65. The third-order valence-corrected chi connectivity index (χ3v) is 10.4. The van der Waals surface area contributed by atoms with E-state index in [1.807, 2.05) is 52.0 Å². The van der Waals surface area contributed by atoms with Crippen LogP contribution in [0.2, 0.25) is 0 Å². The van der Waals surface area contributed by atoms with Gasteiger partial charge in [-0.1, -0.05) is 52.7 Å². The Bertz CT molecular complexity index is 1240. The van der Waals surface area contributed by atoms with Crippen molar-refractivity contribution in [1.29, 1.82) is 0 Å². The molecule has 0 saturated carbocycles. The van der Waals surface area contributed by atoms with E-state index in [0.29, 0.717) is 56.8 Å². The monoisotopic (exact) mass is 623 g/mol. The Hall–Kier alpha value is -3.17. The maximum Gasteiger partial charge on any atom is 0.248 e. The molecule has 1 N–H and O–H groups in total. The van der Waals surface area contributed by atoms with Crippen molar-refractivity contribution in [2.45, 2.75) is 96.4 Å². The standard InChI is InChI=1S/C36H53N3O6/c1-8-14-23-37(21-9-2)34(43)31-36-20-19-35(12-5,45-36)29(30(36)33(42)39(31)28(24-40)25(7)11-4)32(41)38(22-10-3)26-15-17-27(18-16-26)44-13-6/h9-10,15-18,25,28-31,40H,2-3,8,11-14,19-24H2,1,4-7H3/t25-,28-,29-,30-,31?,35+,36?/m0/s1. The van der Waals surface area contributed by atoms with E-state index in [1.54, 1.807) is 26.9 Å². The Labute approximate surface area is 269 Å². The number of likely N-dealkylation sites (tertiary alicyclic amines) is 1. The second kappa shape index (κ2) is 14.5. The highest BCUT2D eigenvalue weighted by atomic mass is 16.5. The van der Waals surface area contributed by atoms with Crippen LogP contribution in [0.1, 0.15) is 73.1 Å². The lowest BCUT2D eigenvalue weighted by Crippen LogP contribution is -2.60. The van der Waals surface area contributed by atoms with E-state index in [-0.39, 0.29) is 36.8 Å². The summed E-state index contributed by atoms with van der Waals surface area (Å²) in [4.78, 5) is 49.4. The summed E-state index contributed by atoms with van der Waals surface area (Å²) >= 11 is 0. The van der Waals surface area contributed by atoms with Gasteiger partial charge < -0.3 is 29.3 Å². The summed E-state index contributed by atoms with van der Waals surface area (Å²) < 4.78 is 12.7. The van der Waals surface area contributed by atoms with E-state index in [4.69, 9.17) is 9.47 Å². The van der Waals surface area contributed by atoms with Gasteiger partial charge in [0, 0.05) is 25.3 Å². The van der Waals surface area contributed by atoms with Gasteiger partial charge in [0.1, 0.15) is 17.4 Å². The fraction of sp³-hybridized carbons (Fsp3) is 0.639. The Balaban J connectivity index is 1.84. The first-order valence-corrected chi connectivity index (χ1v) is 16.8. The molecule has 0 aliphatic carbocycles. The number of nitrogens with zero attached hydrogens (tertiary/aromatic N) is 3. The van der Waals surface area contributed by atoms with Crippen molar-refractivity contribution in [3.05, 3.63) is 49.6 Å². The molecule has 3 fully saturated rings. The minimum absolute atomic E-state index is 0.0689. The summed E-state index contributed by atoms with van der Waals surface area (Å²) in [6.07, 6.45) is 7.41. The number of hydrogen-bond acceptors (Lipinski definition) is 6. The highest BCUT2D eigenvalue weighted by molar-refractivity contribution is 6.03. The number of anilines is 1. The molecule has 3 heterocycles. The van der Waals surface area contributed by atoms with Crippen LogP contribution in [0, 0.1) is 17.8 Å². The number of rotatable bonds is 17. The first-order valence-electron chi connectivity index (χ1n) is 16.8. The lowest BCUT2D eigenvalue weighted by Gasteiger charge is -2.41. The van der Waals surface area contributed by atoms with Crippen LogP contribution >= 0.6 is 0 Å². The normalized spacial score (nSPS) is 28.0. The average Bonchev–Trinajstić information content (AvgIpc) is 3.66. The van der Waals surface area contributed by atoms with Gasteiger partial charge >= 0.3 is 0 Å². The molecule has 3 aliphatic heterocycles. The zero-order chi connectivity index (χ0) is 32.9. The van der Waals surface area contributed by atoms with Gasteiger partial charge in [-0.05, 0) is 62.8 Å². The van der Waals surface area contributed by atoms with E-state index in [1.165, 1.54) is 0 Å². The largest absolute Gasteiger partial charge is 0.494 e. The quantitative estimate of drug-likeness (QED) is 0.246. The molecule has 2 unspecified atom stereocenters. The van der Waals surface area contributed by atoms with Crippen molar-refractivity contribution in [2.24, 2.45) is 17.8 Å². The van der Waals surface area contributed by atoms with E-state index in [9.17, 15) is 19.5 Å². The summed E-state index contributed by atoms with van der Waals surface area (Å²) in [7, 11) is 0. The number of amides is 3. The number of benzene rings is 1. The van der Waals surface area contributed by atoms with Crippen LogP contribution in [0.25, 0.3) is 0 Å². The summed E-state index contributed by atoms with van der Waals surface area (Å²) in [5.41, 5.74) is -1.38. The van der Waals surface area contributed by atoms with Gasteiger partial charge in [0.15, 0.2) is 0 Å². The van der Waals surface area contributed by atoms with Crippen LogP contribution in [-0.2, 0) is 19.1 Å². The number of aliphatic hydroxyl groups is 1. The van der Waals surface area contributed by atoms with E-state index < -0.39 is 35.1 Å². The van der Waals surface area contributed by atoms with Crippen LogP contribution < -0.4 is 9.64 Å². The average molecular weight is 624 g/mol. The van der Waals surface area contributed by atoms with Crippen molar-refractivity contribution >= 4 is 23.4 Å². The fourth-order valence-electron chi connectivity index (χ4n) is 7.96. The topological polar surface area (TPSA) is 99.6 Å². The number of carbonyl (C=O) groups excluding carboxylic acids is 3. The van der Waals surface area contributed by atoms with E-state index >= 15 is 0 Å². The van der Waals surface area contributed by atoms with E-state index in [2.05, 4.69) is 20.1 Å². The van der Waals surface area contributed by atoms with Crippen molar-refractivity contribution in [3.63, 3.8) is 0 Å². The molecule has 9 nitrogen and oxygen atoms in total. The van der Waals surface area contributed by atoms with Crippen molar-refractivity contribution in [1.82, 2.24) is 9.80 Å². The van der Waals surface area contributed by atoms with Gasteiger partial charge in [-0.3, -0.25) is 14.4 Å². The molecule has 3 saturated heterocycles. The zero-order valence-electron chi connectivity index (χ0n) is 27.9. The Morgan fingerprint density at radius 3 is 2.36 bits per heavy atom. The Morgan fingerprint density at radius 1 is 1.11 bits per heavy atom. The SMILES string of the molecule is C=CCN(CCCC)C(=O)C1N([C@@H](CO)[C@@H](C)CC)C(=O)[C@@H]2[C@@H](C(=O)N(CC=C)c3ccc(OCC)cc3)[C@@]3(CC)CCC12O3. The lowest BCUT2D eigenvalue weighted by molar-refractivity contribution is -0.157. The number of fused-ring (bicyclic) bond motifs is 1. The predicted molar refractivity (Wildman–Crippen MR) is 176 cm³/mol. The van der Waals surface area contributed by atoms with Crippen LogP contribution in [0.15, 0.2) is 49.6 Å². The fourth-order valence-corrected chi connectivity index (χ4v) is 7.96. The number of ether oxygens (including phenoxy) is 2. The summed E-state index contributed by atoms with van der Waals surface area (Å²) in [5, 5.41) is 10.7. The molecule has 7 atom stereocenters. The maximum atomic E-state index is 14.8. The molecule has 1 aromatic carbocycles. The van der Waals surface area contributed by atoms with Crippen molar-refractivity contribution < 1.29 is 29.0 Å². The van der Waals surface area contributed by atoms with Crippen LogP contribution in [0.3, 0.4) is 0 Å². The minimum atomic E-state index is -1.17. The van der Waals surface area contributed by atoms with Gasteiger partial charge in [0.25, 0.3) is 0 Å².